The lowest BCUT2D eigenvalue weighted by molar-refractivity contribution is 0.0975. The molecule has 17 heavy (non-hydrogen) atoms. The average molecular weight is 294 g/mol. The van der Waals surface area contributed by atoms with Crippen LogP contribution in [0.3, 0.4) is 0 Å². The van der Waals surface area contributed by atoms with Gasteiger partial charge in [0.15, 0.2) is 5.78 Å². The third-order valence-corrected chi connectivity index (χ3v) is 3.62. The van der Waals surface area contributed by atoms with Gasteiger partial charge in [0.2, 0.25) is 5.78 Å². The fraction of sp³-hybridized carbons (Fsp3) is 0.308. The first-order chi connectivity index (χ1) is 8.16. The second-order valence-electron chi connectivity index (χ2n) is 3.95. The molecule has 1 heterocycles. The highest BCUT2D eigenvalue weighted by Crippen LogP contribution is 2.30. The van der Waals surface area contributed by atoms with E-state index in [2.05, 4.69) is 27.8 Å². The van der Waals surface area contributed by atoms with Gasteiger partial charge in [0.05, 0.1) is 10.0 Å². The molecule has 1 aromatic heterocycles. The topological polar surface area (TPSA) is 47.0 Å². The van der Waals surface area contributed by atoms with E-state index in [4.69, 9.17) is 0 Å². The van der Waals surface area contributed by atoms with E-state index in [0.717, 1.165) is 12.8 Å². The van der Waals surface area contributed by atoms with Crippen molar-refractivity contribution < 1.29 is 9.59 Å². The van der Waals surface area contributed by atoms with Crippen molar-refractivity contribution in [2.45, 2.75) is 26.2 Å². The summed E-state index contributed by atoms with van der Waals surface area (Å²) in [4.78, 5) is 28.2. The summed E-state index contributed by atoms with van der Waals surface area (Å²) in [5.41, 5.74) is 1.26. The fourth-order valence-electron chi connectivity index (χ4n) is 1.85. The van der Waals surface area contributed by atoms with Crippen molar-refractivity contribution in [3.05, 3.63) is 39.6 Å². The maximum Gasteiger partial charge on any atom is 0.219 e. The van der Waals surface area contributed by atoms with Crippen LogP contribution in [0.4, 0.5) is 0 Å². The summed E-state index contributed by atoms with van der Waals surface area (Å²) in [6.45, 7) is 2.05. The number of carbonyl (C=O) groups excluding carboxylic acids is 2. The van der Waals surface area contributed by atoms with Gasteiger partial charge in [-0.3, -0.25) is 14.6 Å². The van der Waals surface area contributed by atoms with Crippen molar-refractivity contribution in [2.24, 2.45) is 0 Å². The highest BCUT2D eigenvalue weighted by molar-refractivity contribution is 9.12. The van der Waals surface area contributed by atoms with Crippen molar-refractivity contribution in [3.8, 4) is 0 Å². The average Bonchev–Trinajstić information content (AvgIpc) is 2.36. The minimum absolute atomic E-state index is 0.0759. The third-order valence-electron chi connectivity index (χ3n) is 2.79. The van der Waals surface area contributed by atoms with Gasteiger partial charge in [-0.1, -0.05) is 13.3 Å². The number of pyridine rings is 1. The van der Waals surface area contributed by atoms with Crippen LogP contribution < -0.4 is 0 Å². The molecule has 2 rings (SSSR count). The summed E-state index contributed by atoms with van der Waals surface area (Å²) in [6, 6.07) is 3.34. The van der Waals surface area contributed by atoms with Crippen LogP contribution in [0.5, 0.6) is 0 Å². The van der Waals surface area contributed by atoms with E-state index in [1.807, 2.05) is 0 Å². The molecule has 0 fully saturated rings. The summed E-state index contributed by atoms with van der Waals surface area (Å²) < 4.78 is 0.377. The minimum atomic E-state index is -0.189. The molecule has 0 aromatic carbocycles. The van der Waals surface area contributed by atoms with Crippen LogP contribution in [0.1, 0.15) is 47.0 Å². The van der Waals surface area contributed by atoms with Crippen LogP contribution in [0, 0.1) is 0 Å². The molecule has 0 unspecified atom stereocenters. The highest BCUT2D eigenvalue weighted by Gasteiger charge is 2.31. The Morgan fingerprint density at radius 2 is 2.06 bits per heavy atom. The van der Waals surface area contributed by atoms with Crippen LogP contribution in [0.25, 0.3) is 0 Å². The zero-order valence-electron chi connectivity index (χ0n) is 9.50. The highest BCUT2D eigenvalue weighted by atomic mass is 79.9. The second kappa shape index (κ2) is 4.92. The van der Waals surface area contributed by atoms with E-state index in [1.54, 1.807) is 12.1 Å². The van der Waals surface area contributed by atoms with Gasteiger partial charge in [0.25, 0.3) is 0 Å². The number of hydrogen-bond donors (Lipinski definition) is 0. The number of hydrogen-bond acceptors (Lipinski definition) is 3. The Morgan fingerprint density at radius 1 is 1.29 bits per heavy atom. The number of fused-ring (bicyclic) bond motifs is 1. The first-order valence-electron chi connectivity index (χ1n) is 5.60. The number of aromatic nitrogens is 1. The summed E-state index contributed by atoms with van der Waals surface area (Å²) in [5, 5.41) is 0. The van der Waals surface area contributed by atoms with Gasteiger partial charge in [0, 0.05) is 11.8 Å². The quantitative estimate of drug-likeness (QED) is 0.859. The molecular weight excluding hydrogens is 282 g/mol. The predicted octanol–water partition coefficient (Wildman–Crippen LogP) is 3.30. The lowest BCUT2D eigenvalue weighted by Gasteiger charge is -2.16. The van der Waals surface area contributed by atoms with Gasteiger partial charge in [-0.2, -0.15) is 0 Å². The van der Waals surface area contributed by atoms with Crippen molar-refractivity contribution in [2.75, 3.05) is 0 Å². The molecule has 0 spiro atoms. The molecule has 0 aliphatic heterocycles. The van der Waals surface area contributed by atoms with E-state index in [1.165, 1.54) is 6.20 Å². The lowest BCUT2D eigenvalue weighted by atomic mass is 9.90. The number of unbranched alkanes of at least 4 members (excludes halogenated alkanes) is 1. The van der Waals surface area contributed by atoms with Crippen molar-refractivity contribution in [3.63, 3.8) is 0 Å². The lowest BCUT2D eigenvalue weighted by Crippen LogP contribution is -2.21. The van der Waals surface area contributed by atoms with Gasteiger partial charge < -0.3 is 0 Å². The van der Waals surface area contributed by atoms with Crippen molar-refractivity contribution >= 4 is 27.5 Å². The maximum absolute atomic E-state index is 12.2. The Hall–Kier alpha value is -1.29. The molecule has 1 aromatic rings. The number of halogens is 1. The zero-order valence-corrected chi connectivity index (χ0v) is 11.1. The standard InChI is InChI=1S/C13H12BrNO2/c1-2-3-5-8-10(14)13(17)11-9(12(8)16)6-4-7-15-11/h4,6-7H,2-3,5H2,1H3. The molecule has 0 radical (unpaired) electrons. The van der Waals surface area contributed by atoms with Gasteiger partial charge in [-0.15, -0.1) is 0 Å². The number of Topliss-reactive ketones (excluding diaryl/α,β-unsaturated/α-hetero) is 2. The Labute approximate surface area is 108 Å². The molecule has 4 heteroatoms. The first-order valence-corrected chi connectivity index (χ1v) is 6.39. The van der Waals surface area contributed by atoms with Crippen LogP contribution in [0.2, 0.25) is 0 Å². The number of allylic oxidation sites excluding steroid dienone is 2. The van der Waals surface area contributed by atoms with Crippen LogP contribution >= 0.6 is 15.9 Å². The molecule has 0 saturated heterocycles. The number of ketones is 2. The third kappa shape index (κ3) is 2.09. The molecular formula is C13H12BrNO2. The van der Waals surface area contributed by atoms with Crippen LogP contribution in [-0.4, -0.2) is 16.6 Å². The number of nitrogens with zero attached hydrogens (tertiary/aromatic N) is 1. The summed E-state index contributed by atoms with van der Waals surface area (Å²) in [6.07, 6.45) is 4.06. The van der Waals surface area contributed by atoms with Gasteiger partial charge in [0.1, 0.15) is 5.69 Å². The molecule has 0 bridgehead atoms. The Morgan fingerprint density at radius 3 is 2.76 bits per heavy atom. The minimum Gasteiger partial charge on any atom is -0.289 e. The SMILES string of the molecule is CCCCC1=C(Br)C(=O)c2ncccc2C1=O. The Kier molecular flexibility index (Phi) is 3.52. The fourth-order valence-corrected chi connectivity index (χ4v) is 2.42. The molecule has 0 atom stereocenters. The summed E-state index contributed by atoms with van der Waals surface area (Å²) in [5.74, 6) is -0.265. The number of carbonyl (C=O) groups is 2. The van der Waals surface area contributed by atoms with Gasteiger partial charge >= 0.3 is 0 Å². The maximum atomic E-state index is 12.2. The van der Waals surface area contributed by atoms with E-state index in [9.17, 15) is 9.59 Å². The largest absolute Gasteiger partial charge is 0.289 e. The van der Waals surface area contributed by atoms with E-state index in [0.29, 0.717) is 22.0 Å². The molecule has 0 N–H and O–H groups in total. The monoisotopic (exact) mass is 293 g/mol. The van der Waals surface area contributed by atoms with E-state index in [-0.39, 0.29) is 17.3 Å². The predicted molar refractivity (Wildman–Crippen MR) is 68.4 cm³/mol. The zero-order chi connectivity index (χ0) is 12.4. The number of rotatable bonds is 3. The smallest absolute Gasteiger partial charge is 0.219 e. The first kappa shape index (κ1) is 12.2. The van der Waals surface area contributed by atoms with Gasteiger partial charge in [-0.05, 0) is 40.9 Å². The van der Waals surface area contributed by atoms with Crippen LogP contribution in [-0.2, 0) is 0 Å². The van der Waals surface area contributed by atoms with Gasteiger partial charge in [-0.25, -0.2) is 0 Å². The summed E-state index contributed by atoms with van der Waals surface area (Å²) >= 11 is 3.23. The normalized spacial score (nSPS) is 15.2. The van der Waals surface area contributed by atoms with Crippen molar-refractivity contribution in [1.82, 2.24) is 4.98 Å². The molecule has 0 amide bonds. The van der Waals surface area contributed by atoms with Crippen molar-refractivity contribution in [1.29, 1.82) is 0 Å². The molecule has 0 saturated carbocycles. The molecule has 3 nitrogen and oxygen atoms in total. The summed E-state index contributed by atoms with van der Waals surface area (Å²) in [7, 11) is 0. The van der Waals surface area contributed by atoms with Crippen LogP contribution in [0.15, 0.2) is 28.4 Å². The second-order valence-corrected chi connectivity index (χ2v) is 4.75. The Balaban J connectivity index is 2.47. The Bertz CT molecular complexity index is 520. The van der Waals surface area contributed by atoms with E-state index < -0.39 is 0 Å². The van der Waals surface area contributed by atoms with E-state index >= 15 is 0 Å². The molecule has 1 aliphatic rings. The molecule has 88 valence electrons. The molecule has 1 aliphatic carbocycles.